The fourth-order valence-corrected chi connectivity index (χ4v) is 2.43. The van der Waals surface area contributed by atoms with Crippen LogP contribution in [-0.2, 0) is 19.0 Å². The number of fused-ring (bicyclic) bond motifs is 1. The highest BCUT2D eigenvalue weighted by atomic mass is 19.4. The molecule has 0 aliphatic carbocycles. The van der Waals surface area contributed by atoms with Gasteiger partial charge in [0.2, 0.25) is 0 Å². The molecule has 0 aliphatic heterocycles. The van der Waals surface area contributed by atoms with Crippen molar-refractivity contribution in [1.82, 2.24) is 0 Å². The summed E-state index contributed by atoms with van der Waals surface area (Å²) in [4.78, 5) is 0. The highest BCUT2D eigenvalue weighted by Crippen LogP contribution is 2.32. The van der Waals surface area contributed by atoms with E-state index in [0.717, 1.165) is 17.0 Å². The highest BCUT2D eigenvalue weighted by molar-refractivity contribution is 5.77. The molecule has 0 saturated carbocycles. The van der Waals surface area contributed by atoms with Gasteiger partial charge in [-0.15, -0.1) is 0 Å². The predicted octanol–water partition coefficient (Wildman–Crippen LogP) is 5.24. The summed E-state index contributed by atoms with van der Waals surface area (Å²) in [5.74, 6) is 0.702. The molecule has 0 spiro atoms. The Morgan fingerprint density at radius 1 is 0.857 bits per heavy atom. The third-order valence-electron chi connectivity index (χ3n) is 3.44. The zero-order valence-electron chi connectivity index (χ0n) is 11.2. The quantitative estimate of drug-likeness (QED) is 0.643. The van der Waals surface area contributed by atoms with E-state index in [0.29, 0.717) is 24.2 Å². The molecule has 1 aromatic heterocycles. The summed E-state index contributed by atoms with van der Waals surface area (Å²) in [6.45, 7) is 0. The number of hydrogen-bond donors (Lipinski definition) is 0. The molecule has 2 aromatic carbocycles. The molecule has 4 heteroatoms. The number of para-hydroxylation sites is 1. The van der Waals surface area contributed by atoms with Crippen LogP contribution in [0.4, 0.5) is 13.2 Å². The van der Waals surface area contributed by atoms with Crippen LogP contribution in [0.1, 0.15) is 16.9 Å². The van der Waals surface area contributed by atoms with E-state index >= 15 is 0 Å². The molecule has 108 valence electrons. The van der Waals surface area contributed by atoms with E-state index in [1.807, 2.05) is 30.3 Å². The van der Waals surface area contributed by atoms with Crippen LogP contribution in [0.3, 0.4) is 0 Å². The van der Waals surface area contributed by atoms with Gasteiger partial charge in [-0.3, -0.25) is 0 Å². The molecule has 1 heterocycles. The molecule has 1 nitrogen and oxygen atoms in total. The summed E-state index contributed by atoms with van der Waals surface area (Å²) >= 11 is 0. The Hall–Kier alpha value is -2.23. The van der Waals surface area contributed by atoms with Gasteiger partial charge in [-0.1, -0.05) is 36.4 Å². The Bertz CT molecular complexity index is 723. The zero-order chi connectivity index (χ0) is 14.9. The summed E-state index contributed by atoms with van der Waals surface area (Å²) < 4.78 is 44.4. The van der Waals surface area contributed by atoms with E-state index in [2.05, 4.69) is 0 Å². The van der Waals surface area contributed by atoms with Crippen molar-refractivity contribution in [2.45, 2.75) is 19.0 Å². The topological polar surface area (TPSA) is 13.1 Å². The van der Waals surface area contributed by atoms with E-state index in [1.54, 1.807) is 6.07 Å². The van der Waals surface area contributed by atoms with Crippen molar-refractivity contribution in [3.8, 4) is 0 Å². The summed E-state index contributed by atoms with van der Waals surface area (Å²) in [6, 6.07) is 15.1. The smallest absolute Gasteiger partial charge is 0.416 e. The minimum Gasteiger partial charge on any atom is -0.461 e. The van der Waals surface area contributed by atoms with Gasteiger partial charge in [0.15, 0.2) is 0 Å². The van der Waals surface area contributed by atoms with Gasteiger partial charge in [-0.2, -0.15) is 13.2 Å². The lowest BCUT2D eigenvalue weighted by molar-refractivity contribution is -0.138. The lowest BCUT2D eigenvalue weighted by Gasteiger charge is -2.11. The molecular weight excluding hydrogens is 277 g/mol. The fraction of sp³-hybridized carbons (Fsp3) is 0.176. The van der Waals surface area contributed by atoms with Crippen LogP contribution in [0.15, 0.2) is 59.0 Å². The van der Waals surface area contributed by atoms with Crippen molar-refractivity contribution < 1.29 is 17.6 Å². The van der Waals surface area contributed by atoms with Crippen molar-refractivity contribution in [3.63, 3.8) is 0 Å². The Labute approximate surface area is 120 Å². The van der Waals surface area contributed by atoms with E-state index in [-0.39, 0.29) is 0 Å². The summed E-state index contributed by atoms with van der Waals surface area (Å²) in [5, 5.41) is 0.969. The van der Waals surface area contributed by atoms with Crippen LogP contribution in [0.5, 0.6) is 0 Å². The molecule has 3 aromatic rings. The van der Waals surface area contributed by atoms with Crippen molar-refractivity contribution in [2.24, 2.45) is 0 Å². The van der Waals surface area contributed by atoms with Gasteiger partial charge in [0, 0.05) is 11.8 Å². The predicted molar refractivity (Wildman–Crippen MR) is 75.1 cm³/mol. The Morgan fingerprint density at radius 3 is 2.33 bits per heavy atom. The standard InChI is InChI=1S/C17H13F3O/c18-17(19,20)15-7-3-1-5-12(15)9-10-14-11-13-6-2-4-8-16(13)21-14/h1-8,11H,9-10H2. The maximum atomic E-state index is 12.9. The minimum atomic E-state index is -4.32. The average molecular weight is 290 g/mol. The normalized spacial score (nSPS) is 12.0. The Morgan fingerprint density at radius 2 is 1.57 bits per heavy atom. The minimum absolute atomic E-state index is 0.297. The van der Waals surface area contributed by atoms with Crippen molar-refractivity contribution in [3.05, 3.63) is 71.5 Å². The number of rotatable bonds is 3. The highest BCUT2D eigenvalue weighted by Gasteiger charge is 2.32. The second-order valence-corrected chi connectivity index (χ2v) is 4.91. The second-order valence-electron chi connectivity index (χ2n) is 4.91. The van der Waals surface area contributed by atoms with Gasteiger partial charge in [0.1, 0.15) is 11.3 Å². The first-order valence-electron chi connectivity index (χ1n) is 6.66. The third-order valence-corrected chi connectivity index (χ3v) is 3.44. The number of halogens is 3. The van der Waals surface area contributed by atoms with Crippen LogP contribution in [0.25, 0.3) is 11.0 Å². The molecular formula is C17H13F3O. The van der Waals surface area contributed by atoms with Gasteiger partial charge in [-0.25, -0.2) is 0 Å². The number of hydrogen-bond acceptors (Lipinski definition) is 1. The van der Waals surface area contributed by atoms with Crippen LogP contribution in [-0.4, -0.2) is 0 Å². The fourth-order valence-electron chi connectivity index (χ4n) is 2.43. The van der Waals surface area contributed by atoms with Gasteiger partial charge in [0.25, 0.3) is 0 Å². The zero-order valence-corrected chi connectivity index (χ0v) is 11.2. The number of aryl methyl sites for hydroxylation is 2. The van der Waals surface area contributed by atoms with Crippen LogP contribution in [0.2, 0.25) is 0 Å². The first-order valence-corrected chi connectivity index (χ1v) is 6.66. The van der Waals surface area contributed by atoms with E-state index < -0.39 is 11.7 Å². The average Bonchev–Trinajstić information content (AvgIpc) is 2.87. The molecule has 0 fully saturated rings. The second kappa shape index (κ2) is 5.28. The molecule has 0 bridgehead atoms. The number of alkyl halides is 3. The van der Waals surface area contributed by atoms with E-state index in [9.17, 15) is 13.2 Å². The van der Waals surface area contributed by atoms with Crippen molar-refractivity contribution >= 4 is 11.0 Å². The SMILES string of the molecule is FC(F)(F)c1ccccc1CCc1cc2ccccc2o1. The van der Waals surface area contributed by atoms with Crippen molar-refractivity contribution in [1.29, 1.82) is 0 Å². The monoisotopic (exact) mass is 290 g/mol. The van der Waals surface area contributed by atoms with Gasteiger partial charge < -0.3 is 4.42 Å². The van der Waals surface area contributed by atoms with Crippen LogP contribution in [0, 0.1) is 0 Å². The van der Waals surface area contributed by atoms with E-state index in [4.69, 9.17) is 4.42 Å². The lowest BCUT2D eigenvalue weighted by atomic mass is 10.0. The lowest BCUT2D eigenvalue weighted by Crippen LogP contribution is -2.09. The van der Waals surface area contributed by atoms with Gasteiger partial charge in [-0.05, 0) is 30.2 Å². The maximum Gasteiger partial charge on any atom is 0.416 e. The summed E-state index contributed by atoms with van der Waals surface area (Å²) in [6.07, 6.45) is -3.57. The Kier molecular flexibility index (Phi) is 3.45. The maximum absolute atomic E-state index is 12.9. The van der Waals surface area contributed by atoms with Gasteiger partial charge >= 0.3 is 6.18 Å². The van der Waals surface area contributed by atoms with Crippen molar-refractivity contribution in [2.75, 3.05) is 0 Å². The van der Waals surface area contributed by atoms with E-state index in [1.165, 1.54) is 12.1 Å². The van der Waals surface area contributed by atoms with Crippen LogP contribution < -0.4 is 0 Å². The molecule has 0 unspecified atom stereocenters. The number of furan rings is 1. The molecule has 21 heavy (non-hydrogen) atoms. The van der Waals surface area contributed by atoms with Gasteiger partial charge in [0.05, 0.1) is 5.56 Å². The molecule has 0 aliphatic rings. The van der Waals surface area contributed by atoms with Crippen LogP contribution >= 0.6 is 0 Å². The summed E-state index contributed by atoms with van der Waals surface area (Å²) in [7, 11) is 0. The molecule has 0 atom stereocenters. The largest absolute Gasteiger partial charge is 0.461 e. The summed E-state index contributed by atoms with van der Waals surface area (Å²) in [5.41, 5.74) is 0.489. The molecule has 0 saturated heterocycles. The molecule has 3 rings (SSSR count). The third kappa shape index (κ3) is 2.94. The molecule has 0 amide bonds. The molecule has 0 N–H and O–H groups in total. The first-order chi connectivity index (χ1) is 10.0. The first kappa shape index (κ1) is 13.7. The Balaban J connectivity index is 1.82. The number of benzene rings is 2. The molecule has 0 radical (unpaired) electrons.